The van der Waals surface area contributed by atoms with Crippen molar-refractivity contribution < 1.29 is 9.84 Å². The van der Waals surface area contributed by atoms with E-state index in [1.165, 1.54) is 6.08 Å². The number of aliphatic hydroxyl groups excluding tert-OH is 1. The van der Waals surface area contributed by atoms with E-state index in [0.717, 1.165) is 0 Å². The molecule has 0 aliphatic rings. The van der Waals surface area contributed by atoms with Crippen molar-refractivity contribution in [2.24, 2.45) is 0 Å². The second-order valence-corrected chi connectivity index (χ2v) is 4.59. The van der Waals surface area contributed by atoms with Crippen molar-refractivity contribution in [1.29, 1.82) is 0 Å². The number of rotatable bonds is 3. The zero-order chi connectivity index (χ0) is 15.5. The summed E-state index contributed by atoms with van der Waals surface area (Å²) in [5, 5.41) is 10.2. The first-order valence-electron chi connectivity index (χ1n) is 6.57. The van der Waals surface area contributed by atoms with E-state index in [9.17, 15) is 9.90 Å². The molecule has 2 N–H and O–H groups in total. The molecule has 0 spiro atoms. The first kappa shape index (κ1) is 13.8. The molecule has 3 rings (SSSR count). The quantitative estimate of drug-likeness (QED) is 0.724. The number of ether oxygens (including phenoxy) is 1. The Hall–Kier alpha value is -3.15. The van der Waals surface area contributed by atoms with Crippen LogP contribution < -0.4 is 10.3 Å². The fraction of sp³-hybridized carbons (Fsp3) is 0.0625. The molecule has 0 fully saturated rings. The number of fused-ring (bicyclic) bond motifs is 1. The molecule has 2 aromatic heterocycles. The van der Waals surface area contributed by atoms with Crippen LogP contribution in [0.1, 0.15) is 11.3 Å². The molecule has 0 radical (unpaired) electrons. The lowest BCUT2D eigenvalue weighted by atomic mass is 10.1. The number of hydrogen-bond acceptors (Lipinski definition) is 5. The summed E-state index contributed by atoms with van der Waals surface area (Å²) < 4.78 is 5.10. The van der Waals surface area contributed by atoms with E-state index < -0.39 is 5.56 Å². The molecule has 6 heteroatoms. The van der Waals surface area contributed by atoms with Gasteiger partial charge in [-0.1, -0.05) is 12.1 Å². The van der Waals surface area contributed by atoms with Gasteiger partial charge in [0.2, 0.25) is 0 Å². The van der Waals surface area contributed by atoms with E-state index >= 15 is 0 Å². The van der Waals surface area contributed by atoms with Crippen molar-refractivity contribution in [2.75, 3.05) is 7.11 Å². The summed E-state index contributed by atoms with van der Waals surface area (Å²) in [6.45, 7) is 0. The number of methoxy groups -OCH3 is 1. The van der Waals surface area contributed by atoms with E-state index in [1.807, 2.05) is 0 Å². The van der Waals surface area contributed by atoms with Gasteiger partial charge in [0.15, 0.2) is 5.65 Å². The van der Waals surface area contributed by atoms with Crippen LogP contribution in [0.15, 0.2) is 47.4 Å². The third-order valence-electron chi connectivity index (χ3n) is 3.13. The molecule has 22 heavy (non-hydrogen) atoms. The summed E-state index contributed by atoms with van der Waals surface area (Å²) in [7, 11) is 1.54. The van der Waals surface area contributed by atoms with Crippen molar-refractivity contribution >= 4 is 23.0 Å². The van der Waals surface area contributed by atoms with Crippen LogP contribution in [0.5, 0.6) is 5.75 Å². The molecule has 0 aliphatic carbocycles. The Morgan fingerprint density at radius 2 is 2.18 bits per heavy atom. The van der Waals surface area contributed by atoms with Crippen LogP contribution in [0.2, 0.25) is 0 Å². The lowest BCUT2D eigenvalue weighted by Gasteiger charge is -2.04. The minimum atomic E-state index is -0.394. The highest BCUT2D eigenvalue weighted by molar-refractivity contribution is 5.77. The molecular weight excluding hydrogens is 282 g/mol. The lowest BCUT2D eigenvalue weighted by Crippen LogP contribution is -2.12. The maximum Gasteiger partial charge on any atom is 0.274 e. The summed E-state index contributed by atoms with van der Waals surface area (Å²) >= 11 is 0. The van der Waals surface area contributed by atoms with Gasteiger partial charge in [0.25, 0.3) is 5.56 Å². The summed E-state index contributed by atoms with van der Waals surface area (Å²) in [5.41, 5.74) is 1.18. The van der Waals surface area contributed by atoms with Gasteiger partial charge in [-0.3, -0.25) is 4.79 Å². The number of hydrogen-bond donors (Lipinski definition) is 2. The Balaban J connectivity index is 2.07. The van der Waals surface area contributed by atoms with Gasteiger partial charge in [-0.2, -0.15) is 0 Å². The SMILES string of the molecule is COc1cccc(/C(O)=C/c2nc3ncccc3[nH]c2=O)c1. The van der Waals surface area contributed by atoms with Gasteiger partial charge in [-0.25, -0.2) is 9.97 Å². The summed E-state index contributed by atoms with van der Waals surface area (Å²) in [4.78, 5) is 22.9. The van der Waals surface area contributed by atoms with Gasteiger partial charge >= 0.3 is 0 Å². The highest BCUT2D eigenvalue weighted by Crippen LogP contribution is 2.19. The van der Waals surface area contributed by atoms with Gasteiger partial charge < -0.3 is 14.8 Å². The highest BCUT2D eigenvalue weighted by atomic mass is 16.5. The monoisotopic (exact) mass is 295 g/mol. The fourth-order valence-electron chi connectivity index (χ4n) is 2.03. The molecule has 0 aliphatic heterocycles. The maximum atomic E-state index is 12.0. The predicted molar refractivity (Wildman–Crippen MR) is 83.7 cm³/mol. The average molecular weight is 295 g/mol. The third kappa shape index (κ3) is 2.67. The second-order valence-electron chi connectivity index (χ2n) is 4.59. The number of nitrogens with zero attached hydrogens (tertiary/aromatic N) is 2. The molecule has 1 aromatic carbocycles. The van der Waals surface area contributed by atoms with Crippen LogP contribution >= 0.6 is 0 Å². The molecule has 3 aromatic rings. The van der Waals surface area contributed by atoms with Crippen LogP contribution in [0.4, 0.5) is 0 Å². The zero-order valence-corrected chi connectivity index (χ0v) is 11.8. The fourth-order valence-corrected chi connectivity index (χ4v) is 2.03. The summed E-state index contributed by atoms with van der Waals surface area (Å²) in [6.07, 6.45) is 2.89. The van der Waals surface area contributed by atoms with E-state index in [1.54, 1.807) is 49.7 Å². The number of benzene rings is 1. The molecule has 6 nitrogen and oxygen atoms in total. The van der Waals surface area contributed by atoms with Crippen molar-refractivity contribution in [1.82, 2.24) is 15.0 Å². The van der Waals surface area contributed by atoms with Gasteiger partial charge in [0.1, 0.15) is 17.2 Å². The Morgan fingerprint density at radius 1 is 1.32 bits per heavy atom. The van der Waals surface area contributed by atoms with E-state index in [0.29, 0.717) is 22.5 Å². The highest BCUT2D eigenvalue weighted by Gasteiger charge is 2.06. The lowest BCUT2D eigenvalue weighted by molar-refractivity contribution is 0.414. The largest absolute Gasteiger partial charge is 0.507 e. The number of nitrogens with one attached hydrogen (secondary N) is 1. The molecule has 0 saturated carbocycles. The van der Waals surface area contributed by atoms with Crippen LogP contribution in [0, 0.1) is 0 Å². The van der Waals surface area contributed by atoms with Gasteiger partial charge in [-0.15, -0.1) is 0 Å². The van der Waals surface area contributed by atoms with Crippen molar-refractivity contribution in [3.63, 3.8) is 0 Å². The number of pyridine rings is 1. The van der Waals surface area contributed by atoms with Crippen molar-refractivity contribution in [3.8, 4) is 5.75 Å². The van der Waals surface area contributed by atoms with Gasteiger partial charge in [-0.05, 0) is 24.3 Å². The predicted octanol–water partition coefficient (Wildman–Crippen LogP) is 2.38. The molecule has 0 bridgehead atoms. The first-order valence-corrected chi connectivity index (χ1v) is 6.57. The molecule has 0 amide bonds. The summed E-state index contributed by atoms with van der Waals surface area (Å²) in [5.74, 6) is 0.534. The third-order valence-corrected chi connectivity index (χ3v) is 3.13. The topological polar surface area (TPSA) is 88.1 Å². The Kier molecular flexibility index (Phi) is 3.57. The van der Waals surface area contributed by atoms with Gasteiger partial charge in [0, 0.05) is 17.8 Å². The molecular formula is C16H13N3O3. The number of aromatic nitrogens is 3. The second kappa shape index (κ2) is 5.69. The Morgan fingerprint density at radius 3 is 3.00 bits per heavy atom. The normalized spacial score (nSPS) is 11.6. The molecule has 110 valence electrons. The Bertz CT molecular complexity index is 916. The van der Waals surface area contributed by atoms with E-state index in [2.05, 4.69) is 15.0 Å². The van der Waals surface area contributed by atoms with Gasteiger partial charge in [0.05, 0.1) is 12.6 Å². The van der Waals surface area contributed by atoms with Crippen LogP contribution in [-0.4, -0.2) is 27.2 Å². The number of aromatic amines is 1. The molecule has 2 heterocycles. The van der Waals surface area contributed by atoms with Crippen LogP contribution in [-0.2, 0) is 0 Å². The van der Waals surface area contributed by atoms with Crippen LogP contribution in [0.25, 0.3) is 23.0 Å². The zero-order valence-electron chi connectivity index (χ0n) is 11.8. The van der Waals surface area contributed by atoms with Crippen molar-refractivity contribution in [2.45, 2.75) is 0 Å². The molecule has 0 saturated heterocycles. The first-order chi connectivity index (χ1) is 10.7. The smallest absolute Gasteiger partial charge is 0.274 e. The standard InChI is InChI=1S/C16H13N3O3/c1-22-11-5-2-4-10(8-11)14(20)9-13-16(21)19-12-6-3-7-17-15(12)18-13/h2-9,20H,1H3,(H,19,21)/b14-9-. The Labute approximate surface area is 125 Å². The maximum absolute atomic E-state index is 12.0. The summed E-state index contributed by atoms with van der Waals surface area (Å²) in [6, 6.07) is 10.3. The molecule has 0 atom stereocenters. The minimum absolute atomic E-state index is 0.0767. The number of H-pyrrole nitrogens is 1. The van der Waals surface area contributed by atoms with E-state index in [4.69, 9.17) is 4.74 Å². The van der Waals surface area contributed by atoms with Crippen LogP contribution in [0.3, 0.4) is 0 Å². The average Bonchev–Trinajstić information content (AvgIpc) is 2.55. The van der Waals surface area contributed by atoms with Crippen molar-refractivity contribution in [3.05, 3.63) is 64.2 Å². The van der Waals surface area contributed by atoms with E-state index in [-0.39, 0.29) is 11.5 Å². The minimum Gasteiger partial charge on any atom is -0.507 e. The number of aliphatic hydroxyl groups is 1. The molecule has 0 unspecified atom stereocenters.